The quantitative estimate of drug-likeness (QED) is 0.853. The first-order valence-electron chi connectivity index (χ1n) is 8.02. The second-order valence-electron chi connectivity index (χ2n) is 6.93. The molecule has 2 nitrogen and oxygen atoms in total. The van der Waals surface area contributed by atoms with Gasteiger partial charge in [-0.05, 0) is 43.7 Å². The van der Waals surface area contributed by atoms with Crippen LogP contribution in [0.1, 0.15) is 39.7 Å². The van der Waals surface area contributed by atoms with Gasteiger partial charge in [0.1, 0.15) is 0 Å². The summed E-state index contributed by atoms with van der Waals surface area (Å²) in [5.41, 5.74) is 1.87. The minimum absolute atomic E-state index is 0.444. The van der Waals surface area contributed by atoms with Gasteiger partial charge in [-0.2, -0.15) is 0 Å². The first-order chi connectivity index (χ1) is 9.53. The molecule has 2 rings (SSSR count). The average molecular weight is 274 g/mol. The van der Waals surface area contributed by atoms with Crippen LogP contribution >= 0.6 is 0 Å². The van der Waals surface area contributed by atoms with Crippen LogP contribution in [0.5, 0.6) is 0 Å². The number of nitrogens with one attached hydrogen (secondary N) is 1. The van der Waals surface area contributed by atoms with Gasteiger partial charge in [-0.15, -0.1) is 0 Å². The molecule has 0 spiro atoms. The van der Waals surface area contributed by atoms with Crippen LogP contribution in [0.4, 0.5) is 0 Å². The molecule has 20 heavy (non-hydrogen) atoms. The van der Waals surface area contributed by atoms with E-state index in [1.165, 1.54) is 31.6 Å². The molecule has 1 unspecified atom stereocenters. The number of hydrogen-bond acceptors (Lipinski definition) is 2. The Kier molecular flexibility index (Phi) is 5.22. The van der Waals surface area contributed by atoms with Gasteiger partial charge in [0.05, 0.1) is 0 Å². The van der Waals surface area contributed by atoms with E-state index in [4.69, 9.17) is 0 Å². The van der Waals surface area contributed by atoms with Crippen molar-refractivity contribution in [2.75, 3.05) is 19.6 Å². The molecule has 0 saturated carbocycles. The molecular weight excluding hydrogens is 244 g/mol. The second kappa shape index (κ2) is 6.73. The van der Waals surface area contributed by atoms with Gasteiger partial charge < -0.3 is 5.32 Å². The maximum atomic E-state index is 3.58. The van der Waals surface area contributed by atoms with Crippen molar-refractivity contribution in [1.82, 2.24) is 10.2 Å². The molecule has 1 aromatic carbocycles. The molecule has 0 aromatic heterocycles. The van der Waals surface area contributed by atoms with E-state index in [2.05, 4.69) is 68.2 Å². The summed E-state index contributed by atoms with van der Waals surface area (Å²) in [5.74, 6) is 0.731. The zero-order chi connectivity index (χ0) is 14.6. The summed E-state index contributed by atoms with van der Waals surface area (Å²) >= 11 is 0. The fourth-order valence-corrected chi connectivity index (χ4v) is 3.22. The van der Waals surface area contributed by atoms with E-state index in [-0.39, 0.29) is 0 Å². The monoisotopic (exact) mass is 274 g/mol. The third kappa shape index (κ3) is 3.62. The lowest BCUT2D eigenvalue weighted by molar-refractivity contribution is 0.0898. The van der Waals surface area contributed by atoms with E-state index >= 15 is 0 Å². The summed E-state index contributed by atoms with van der Waals surface area (Å²) < 4.78 is 0. The lowest BCUT2D eigenvalue weighted by Crippen LogP contribution is -2.45. The lowest BCUT2D eigenvalue weighted by Gasteiger charge is -2.40. The van der Waals surface area contributed by atoms with Crippen molar-refractivity contribution in [2.45, 2.75) is 46.7 Å². The van der Waals surface area contributed by atoms with Crippen LogP contribution in [-0.2, 0) is 6.54 Å². The average Bonchev–Trinajstić information content (AvgIpc) is 2.89. The molecule has 1 heterocycles. The second-order valence-corrected chi connectivity index (χ2v) is 6.93. The molecule has 0 amide bonds. The molecule has 1 aliphatic heterocycles. The molecule has 0 aliphatic carbocycles. The van der Waals surface area contributed by atoms with Gasteiger partial charge in [-0.3, -0.25) is 4.90 Å². The number of rotatable bonds is 6. The van der Waals surface area contributed by atoms with Crippen LogP contribution in [0.3, 0.4) is 0 Å². The molecule has 1 fully saturated rings. The molecule has 1 N–H and O–H groups in total. The van der Waals surface area contributed by atoms with Crippen molar-refractivity contribution in [3.8, 4) is 0 Å². The highest BCUT2D eigenvalue weighted by molar-refractivity contribution is 5.14. The molecule has 2 heteroatoms. The van der Waals surface area contributed by atoms with Crippen LogP contribution in [0.2, 0.25) is 0 Å². The first kappa shape index (κ1) is 15.5. The van der Waals surface area contributed by atoms with Gasteiger partial charge in [0.15, 0.2) is 0 Å². The minimum atomic E-state index is 0.444. The smallest absolute Gasteiger partial charge is 0.0236 e. The molecule has 0 radical (unpaired) electrons. The van der Waals surface area contributed by atoms with Gasteiger partial charge in [0.2, 0.25) is 0 Å². The number of benzene rings is 1. The third-order valence-electron chi connectivity index (χ3n) is 4.98. The molecule has 1 atom stereocenters. The van der Waals surface area contributed by atoms with E-state index in [0.29, 0.717) is 11.5 Å². The Morgan fingerprint density at radius 2 is 1.85 bits per heavy atom. The van der Waals surface area contributed by atoms with E-state index in [1.807, 2.05) is 0 Å². The standard InChI is InChI=1S/C18H30N2/c1-15(2)18(10-11-19-13-18)14-20(16(3)4)12-17-8-6-5-7-9-17/h5-9,15-16,19H,10-14H2,1-4H3. The Bertz CT molecular complexity index is 391. The molecular formula is C18H30N2. The Morgan fingerprint density at radius 3 is 2.35 bits per heavy atom. The summed E-state index contributed by atoms with van der Waals surface area (Å²) in [6.45, 7) is 14.0. The van der Waals surface area contributed by atoms with Crippen LogP contribution in [-0.4, -0.2) is 30.6 Å². The summed E-state index contributed by atoms with van der Waals surface area (Å²) in [6.07, 6.45) is 1.31. The molecule has 1 aromatic rings. The predicted molar refractivity (Wildman–Crippen MR) is 86.7 cm³/mol. The Morgan fingerprint density at radius 1 is 1.15 bits per heavy atom. The van der Waals surface area contributed by atoms with Crippen molar-refractivity contribution in [3.63, 3.8) is 0 Å². The third-order valence-corrected chi connectivity index (χ3v) is 4.98. The van der Waals surface area contributed by atoms with Gasteiger partial charge in [-0.1, -0.05) is 44.2 Å². The zero-order valence-corrected chi connectivity index (χ0v) is 13.5. The Labute approximate surface area is 124 Å². The van der Waals surface area contributed by atoms with E-state index in [1.54, 1.807) is 0 Å². The lowest BCUT2D eigenvalue weighted by atomic mass is 9.75. The highest BCUT2D eigenvalue weighted by Crippen LogP contribution is 2.35. The largest absolute Gasteiger partial charge is 0.316 e. The number of nitrogens with zero attached hydrogens (tertiary/aromatic N) is 1. The molecule has 0 bridgehead atoms. The van der Waals surface area contributed by atoms with Gasteiger partial charge in [0, 0.05) is 25.7 Å². The number of hydrogen-bond donors (Lipinski definition) is 1. The fourth-order valence-electron chi connectivity index (χ4n) is 3.22. The minimum Gasteiger partial charge on any atom is -0.316 e. The highest BCUT2D eigenvalue weighted by atomic mass is 15.2. The summed E-state index contributed by atoms with van der Waals surface area (Å²) in [7, 11) is 0. The SMILES string of the molecule is CC(C)N(Cc1ccccc1)CC1(C(C)C)CCNC1. The van der Waals surface area contributed by atoms with Crippen molar-refractivity contribution in [2.24, 2.45) is 11.3 Å². The summed E-state index contributed by atoms with van der Waals surface area (Å²) in [6, 6.07) is 11.5. The molecule has 112 valence electrons. The van der Waals surface area contributed by atoms with Crippen LogP contribution < -0.4 is 5.32 Å². The zero-order valence-electron chi connectivity index (χ0n) is 13.5. The van der Waals surface area contributed by atoms with Crippen LogP contribution in [0.15, 0.2) is 30.3 Å². The van der Waals surface area contributed by atoms with Crippen molar-refractivity contribution >= 4 is 0 Å². The van der Waals surface area contributed by atoms with E-state index < -0.39 is 0 Å². The fraction of sp³-hybridized carbons (Fsp3) is 0.667. The summed E-state index contributed by atoms with van der Waals surface area (Å²) in [5, 5.41) is 3.58. The highest BCUT2D eigenvalue weighted by Gasteiger charge is 2.38. The first-order valence-corrected chi connectivity index (χ1v) is 8.02. The van der Waals surface area contributed by atoms with Gasteiger partial charge >= 0.3 is 0 Å². The predicted octanol–water partition coefficient (Wildman–Crippen LogP) is 3.53. The van der Waals surface area contributed by atoms with Crippen molar-refractivity contribution in [3.05, 3.63) is 35.9 Å². The maximum absolute atomic E-state index is 3.58. The van der Waals surface area contributed by atoms with Crippen molar-refractivity contribution < 1.29 is 0 Å². The normalized spacial score (nSPS) is 23.1. The maximum Gasteiger partial charge on any atom is 0.0236 e. The van der Waals surface area contributed by atoms with Crippen molar-refractivity contribution in [1.29, 1.82) is 0 Å². The summed E-state index contributed by atoms with van der Waals surface area (Å²) in [4.78, 5) is 2.64. The van der Waals surface area contributed by atoms with E-state index in [9.17, 15) is 0 Å². The van der Waals surface area contributed by atoms with Crippen LogP contribution in [0, 0.1) is 11.3 Å². The Hall–Kier alpha value is -0.860. The molecule has 1 aliphatic rings. The molecule has 1 saturated heterocycles. The topological polar surface area (TPSA) is 15.3 Å². The van der Waals surface area contributed by atoms with Gasteiger partial charge in [-0.25, -0.2) is 0 Å². The van der Waals surface area contributed by atoms with Gasteiger partial charge in [0.25, 0.3) is 0 Å². The van der Waals surface area contributed by atoms with E-state index in [0.717, 1.165) is 12.5 Å². The van der Waals surface area contributed by atoms with Crippen LogP contribution in [0.25, 0.3) is 0 Å². The Balaban J connectivity index is 2.09.